The lowest BCUT2D eigenvalue weighted by Gasteiger charge is -2.11. The maximum atomic E-state index is 8.53. The summed E-state index contributed by atoms with van der Waals surface area (Å²) in [7, 11) is 1.65. The molecule has 0 bridgehead atoms. The van der Waals surface area contributed by atoms with Gasteiger partial charge in [-0.2, -0.15) is 0 Å². The van der Waals surface area contributed by atoms with Crippen molar-refractivity contribution in [1.29, 1.82) is 0 Å². The van der Waals surface area contributed by atoms with Gasteiger partial charge in [0.15, 0.2) is 0 Å². The zero-order valence-corrected chi connectivity index (χ0v) is 10.2. The van der Waals surface area contributed by atoms with Crippen LogP contribution in [0.2, 0.25) is 0 Å². The van der Waals surface area contributed by atoms with E-state index in [1.165, 1.54) is 0 Å². The van der Waals surface area contributed by atoms with Crippen LogP contribution >= 0.6 is 11.8 Å². The number of amidine groups is 1. The normalized spacial score (nSPS) is 13.5. The van der Waals surface area contributed by atoms with Crippen molar-refractivity contribution in [3.8, 4) is 5.75 Å². The number of benzene rings is 1. The average Bonchev–Trinajstić information content (AvgIpc) is 2.35. The minimum Gasteiger partial charge on any atom is -0.496 e. The van der Waals surface area contributed by atoms with E-state index >= 15 is 0 Å². The molecule has 0 amide bonds. The number of nitrogens with two attached hydrogens (primary N) is 1. The van der Waals surface area contributed by atoms with Crippen LogP contribution in [0.5, 0.6) is 5.75 Å². The van der Waals surface area contributed by atoms with Gasteiger partial charge >= 0.3 is 0 Å². The standard InChI is InChI=1S/C11H16N2O2S/c1-8(11(12)13-14)7-16-10-6-4-3-5-9(10)15-2/h3-6,8,14H,7H2,1-2H3,(H2,12,13). The van der Waals surface area contributed by atoms with Crippen molar-refractivity contribution in [2.24, 2.45) is 16.8 Å². The zero-order chi connectivity index (χ0) is 12.0. The number of hydrogen-bond donors (Lipinski definition) is 2. The summed E-state index contributed by atoms with van der Waals surface area (Å²) < 4.78 is 5.23. The van der Waals surface area contributed by atoms with E-state index in [2.05, 4.69) is 5.16 Å². The molecule has 0 saturated heterocycles. The third kappa shape index (κ3) is 3.34. The highest BCUT2D eigenvalue weighted by molar-refractivity contribution is 7.99. The summed E-state index contributed by atoms with van der Waals surface area (Å²) in [5.41, 5.74) is 5.51. The summed E-state index contributed by atoms with van der Waals surface area (Å²) in [5.74, 6) is 1.87. The molecule has 0 radical (unpaired) electrons. The number of rotatable bonds is 5. The lowest BCUT2D eigenvalue weighted by molar-refractivity contribution is 0.315. The van der Waals surface area contributed by atoms with Gasteiger partial charge in [-0.05, 0) is 12.1 Å². The summed E-state index contributed by atoms with van der Waals surface area (Å²) in [6.07, 6.45) is 0. The third-order valence-corrected chi connectivity index (χ3v) is 3.49. The quantitative estimate of drug-likeness (QED) is 0.272. The molecule has 1 aromatic rings. The van der Waals surface area contributed by atoms with Crippen molar-refractivity contribution in [2.45, 2.75) is 11.8 Å². The van der Waals surface area contributed by atoms with Crippen molar-refractivity contribution in [1.82, 2.24) is 0 Å². The highest BCUT2D eigenvalue weighted by Gasteiger charge is 2.10. The second-order valence-corrected chi connectivity index (χ2v) is 4.45. The number of hydrogen-bond acceptors (Lipinski definition) is 4. The molecular formula is C11H16N2O2S. The summed E-state index contributed by atoms with van der Waals surface area (Å²) in [6, 6.07) is 7.79. The third-order valence-electron chi connectivity index (χ3n) is 2.18. The number of ether oxygens (including phenoxy) is 1. The first kappa shape index (κ1) is 12.7. The molecule has 0 spiro atoms. The van der Waals surface area contributed by atoms with Gasteiger partial charge in [-0.25, -0.2) is 0 Å². The van der Waals surface area contributed by atoms with E-state index < -0.39 is 0 Å². The molecule has 0 heterocycles. The van der Waals surface area contributed by atoms with Crippen molar-refractivity contribution in [3.63, 3.8) is 0 Å². The predicted octanol–water partition coefficient (Wildman–Crippen LogP) is 2.17. The molecule has 4 nitrogen and oxygen atoms in total. The van der Waals surface area contributed by atoms with Gasteiger partial charge < -0.3 is 15.7 Å². The summed E-state index contributed by atoms with van der Waals surface area (Å²) in [4.78, 5) is 1.06. The minimum atomic E-state index is 0.0277. The topological polar surface area (TPSA) is 67.8 Å². The van der Waals surface area contributed by atoms with E-state index in [0.717, 1.165) is 16.4 Å². The molecule has 1 aromatic carbocycles. The molecule has 0 saturated carbocycles. The molecule has 1 unspecified atom stereocenters. The van der Waals surface area contributed by atoms with E-state index in [1.54, 1.807) is 18.9 Å². The van der Waals surface area contributed by atoms with Crippen molar-refractivity contribution in [2.75, 3.05) is 12.9 Å². The number of nitrogens with zero attached hydrogens (tertiary/aromatic N) is 1. The zero-order valence-electron chi connectivity index (χ0n) is 9.38. The van der Waals surface area contributed by atoms with Crippen LogP contribution in [-0.2, 0) is 0 Å². The van der Waals surface area contributed by atoms with Gasteiger partial charge in [0, 0.05) is 16.6 Å². The van der Waals surface area contributed by atoms with Crippen LogP contribution in [0.15, 0.2) is 34.3 Å². The Balaban J connectivity index is 2.61. The largest absolute Gasteiger partial charge is 0.496 e. The fraction of sp³-hybridized carbons (Fsp3) is 0.364. The van der Waals surface area contributed by atoms with Crippen LogP contribution in [0, 0.1) is 5.92 Å². The highest BCUT2D eigenvalue weighted by atomic mass is 32.2. The van der Waals surface area contributed by atoms with Crippen LogP contribution in [-0.4, -0.2) is 23.9 Å². The Bertz CT molecular complexity index is 369. The van der Waals surface area contributed by atoms with E-state index in [0.29, 0.717) is 0 Å². The Morgan fingerprint density at radius 1 is 1.56 bits per heavy atom. The number of para-hydroxylation sites is 1. The SMILES string of the molecule is COc1ccccc1SCC(C)/C(N)=N/O. The van der Waals surface area contributed by atoms with Crippen molar-refractivity contribution < 1.29 is 9.94 Å². The lowest BCUT2D eigenvalue weighted by Crippen LogP contribution is -2.22. The van der Waals surface area contributed by atoms with Gasteiger partial charge in [-0.15, -0.1) is 11.8 Å². The monoisotopic (exact) mass is 240 g/mol. The number of methoxy groups -OCH3 is 1. The summed E-state index contributed by atoms with van der Waals surface area (Å²) in [5, 5.41) is 11.5. The van der Waals surface area contributed by atoms with E-state index in [1.807, 2.05) is 31.2 Å². The van der Waals surface area contributed by atoms with Gasteiger partial charge in [0.1, 0.15) is 11.6 Å². The van der Waals surface area contributed by atoms with Gasteiger partial charge in [-0.1, -0.05) is 24.2 Å². The van der Waals surface area contributed by atoms with E-state index in [-0.39, 0.29) is 11.8 Å². The molecule has 88 valence electrons. The van der Waals surface area contributed by atoms with Crippen molar-refractivity contribution >= 4 is 17.6 Å². The Labute approximate surface area is 99.5 Å². The van der Waals surface area contributed by atoms with Crippen molar-refractivity contribution in [3.05, 3.63) is 24.3 Å². The first-order chi connectivity index (χ1) is 7.69. The van der Waals surface area contributed by atoms with Gasteiger partial charge in [0.25, 0.3) is 0 Å². The van der Waals surface area contributed by atoms with E-state index in [4.69, 9.17) is 15.7 Å². The maximum absolute atomic E-state index is 8.53. The molecule has 1 atom stereocenters. The molecule has 3 N–H and O–H groups in total. The Hall–Kier alpha value is -1.36. The number of oxime groups is 1. The molecule has 0 fully saturated rings. The van der Waals surface area contributed by atoms with Crippen LogP contribution in [0.4, 0.5) is 0 Å². The van der Waals surface area contributed by atoms with Crippen LogP contribution in [0.3, 0.4) is 0 Å². The molecule has 16 heavy (non-hydrogen) atoms. The van der Waals surface area contributed by atoms with E-state index in [9.17, 15) is 0 Å². The molecular weight excluding hydrogens is 224 g/mol. The number of thioether (sulfide) groups is 1. The maximum Gasteiger partial charge on any atom is 0.142 e. The average molecular weight is 240 g/mol. The fourth-order valence-corrected chi connectivity index (χ4v) is 2.21. The predicted molar refractivity (Wildman–Crippen MR) is 66.3 cm³/mol. The minimum absolute atomic E-state index is 0.0277. The highest BCUT2D eigenvalue weighted by Crippen LogP contribution is 2.29. The van der Waals surface area contributed by atoms with Crippen LogP contribution in [0.1, 0.15) is 6.92 Å². The first-order valence-electron chi connectivity index (χ1n) is 4.92. The summed E-state index contributed by atoms with van der Waals surface area (Å²) >= 11 is 1.63. The molecule has 0 aliphatic heterocycles. The molecule has 0 aliphatic carbocycles. The second-order valence-electron chi connectivity index (χ2n) is 3.39. The lowest BCUT2D eigenvalue weighted by atomic mass is 10.2. The Morgan fingerprint density at radius 3 is 2.88 bits per heavy atom. The van der Waals surface area contributed by atoms with Crippen LogP contribution < -0.4 is 10.5 Å². The summed E-state index contributed by atoms with van der Waals surface area (Å²) in [6.45, 7) is 1.91. The molecule has 5 heteroatoms. The first-order valence-corrected chi connectivity index (χ1v) is 5.90. The molecule has 0 aliphatic rings. The second kappa shape index (κ2) is 6.27. The van der Waals surface area contributed by atoms with Gasteiger partial charge in [0.05, 0.1) is 7.11 Å². The van der Waals surface area contributed by atoms with Gasteiger partial charge in [-0.3, -0.25) is 0 Å². The Morgan fingerprint density at radius 2 is 2.25 bits per heavy atom. The Kier molecular flexibility index (Phi) is 4.98. The fourth-order valence-electron chi connectivity index (χ4n) is 1.14. The van der Waals surface area contributed by atoms with Crippen LogP contribution in [0.25, 0.3) is 0 Å². The molecule has 0 aromatic heterocycles. The molecule has 1 rings (SSSR count). The van der Waals surface area contributed by atoms with Gasteiger partial charge in [0.2, 0.25) is 0 Å². The smallest absolute Gasteiger partial charge is 0.142 e.